The van der Waals surface area contributed by atoms with Crippen LogP contribution in [0.5, 0.6) is 0 Å². The first-order valence-corrected chi connectivity index (χ1v) is 6.40. The second-order valence-electron chi connectivity index (χ2n) is 4.61. The number of anilines is 1. The van der Waals surface area contributed by atoms with Gasteiger partial charge in [-0.15, -0.1) is 0 Å². The van der Waals surface area contributed by atoms with Crippen molar-refractivity contribution in [1.29, 1.82) is 0 Å². The first-order chi connectivity index (χ1) is 9.45. The molecule has 0 bridgehead atoms. The molecule has 3 atom stereocenters. The molecule has 1 fully saturated rings. The molecule has 1 N–H and O–H groups in total. The van der Waals surface area contributed by atoms with Gasteiger partial charge < -0.3 is 14.8 Å². The van der Waals surface area contributed by atoms with Crippen LogP contribution in [0.4, 0.5) is 18.9 Å². The molecule has 1 aromatic heterocycles. The molecule has 1 aromatic rings. The van der Waals surface area contributed by atoms with Gasteiger partial charge in [-0.1, -0.05) is 0 Å². The quantitative estimate of drug-likeness (QED) is 0.905. The van der Waals surface area contributed by atoms with Gasteiger partial charge in [0.25, 0.3) is 0 Å². The summed E-state index contributed by atoms with van der Waals surface area (Å²) in [6.45, 7) is 2.52. The topological polar surface area (TPSA) is 43.4 Å². The zero-order valence-corrected chi connectivity index (χ0v) is 11.3. The number of ether oxygens (including phenoxy) is 2. The molecule has 0 spiro atoms. The van der Waals surface area contributed by atoms with E-state index in [2.05, 4.69) is 10.3 Å². The lowest BCUT2D eigenvalue weighted by molar-refractivity contribution is -0.141. The summed E-state index contributed by atoms with van der Waals surface area (Å²) in [5.74, 6) is 0. The number of hydrogen-bond donors (Lipinski definition) is 1. The molecular formula is C13H17F3N2O2. The third-order valence-corrected chi connectivity index (χ3v) is 3.31. The molecule has 1 aliphatic carbocycles. The fourth-order valence-electron chi connectivity index (χ4n) is 2.28. The standard InChI is InChI=1S/C13H17F3N2O2/c1-3-20-10-6-9(12(10)19-2)18-8-4-5-11(17-7-8)13(14,15)16/h4-5,7,9-10,12,18H,3,6H2,1-2H3. The maximum atomic E-state index is 12.4. The van der Waals surface area contributed by atoms with Crippen LogP contribution in [0.2, 0.25) is 0 Å². The van der Waals surface area contributed by atoms with Crippen molar-refractivity contribution in [1.82, 2.24) is 4.98 Å². The van der Waals surface area contributed by atoms with Crippen LogP contribution < -0.4 is 5.32 Å². The van der Waals surface area contributed by atoms with Gasteiger partial charge in [-0.3, -0.25) is 0 Å². The summed E-state index contributed by atoms with van der Waals surface area (Å²) in [7, 11) is 1.59. The van der Waals surface area contributed by atoms with E-state index in [4.69, 9.17) is 9.47 Å². The molecule has 0 aromatic carbocycles. The molecule has 4 nitrogen and oxygen atoms in total. The van der Waals surface area contributed by atoms with Gasteiger partial charge >= 0.3 is 6.18 Å². The zero-order valence-electron chi connectivity index (χ0n) is 11.3. The minimum atomic E-state index is -4.41. The molecule has 1 aliphatic rings. The number of methoxy groups -OCH3 is 1. The second-order valence-corrected chi connectivity index (χ2v) is 4.61. The van der Waals surface area contributed by atoms with Crippen molar-refractivity contribution in [2.24, 2.45) is 0 Å². The monoisotopic (exact) mass is 290 g/mol. The maximum absolute atomic E-state index is 12.4. The normalized spacial score (nSPS) is 26.1. The van der Waals surface area contributed by atoms with E-state index in [1.165, 1.54) is 12.3 Å². The van der Waals surface area contributed by atoms with Gasteiger partial charge in [-0.2, -0.15) is 13.2 Å². The largest absolute Gasteiger partial charge is 0.433 e. The van der Waals surface area contributed by atoms with E-state index in [-0.39, 0.29) is 18.2 Å². The minimum Gasteiger partial charge on any atom is -0.378 e. The summed E-state index contributed by atoms with van der Waals surface area (Å²) in [5, 5.41) is 3.11. The highest BCUT2D eigenvalue weighted by atomic mass is 19.4. The first kappa shape index (κ1) is 15.1. The molecule has 0 amide bonds. The number of nitrogens with zero attached hydrogens (tertiary/aromatic N) is 1. The van der Waals surface area contributed by atoms with Crippen LogP contribution in [0.25, 0.3) is 0 Å². The number of aromatic nitrogens is 1. The molecule has 112 valence electrons. The Morgan fingerprint density at radius 3 is 2.65 bits per heavy atom. The van der Waals surface area contributed by atoms with E-state index in [9.17, 15) is 13.2 Å². The Balaban J connectivity index is 1.94. The van der Waals surface area contributed by atoms with E-state index in [0.717, 1.165) is 12.5 Å². The highest BCUT2D eigenvalue weighted by molar-refractivity contribution is 5.43. The SMILES string of the molecule is CCOC1CC(Nc2ccc(C(F)(F)F)nc2)C1OC. The van der Waals surface area contributed by atoms with Crippen LogP contribution in [-0.2, 0) is 15.7 Å². The van der Waals surface area contributed by atoms with Crippen molar-refractivity contribution < 1.29 is 22.6 Å². The third-order valence-electron chi connectivity index (χ3n) is 3.31. The lowest BCUT2D eigenvalue weighted by Gasteiger charge is -2.43. The third kappa shape index (κ3) is 3.21. The molecule has 0 aliphatic heterocycles. The molecule has 3 unspecified atom stereocenters. The Morgan fingerprint density at radius 2 is 2.15 bits per heavy atom. The van der Waals surface area contributed by atoms with Crippen molar-refractivity contribution in [3.05, 3.63) is 24.0 Å². The molecule has 2 rings (SSSR count). The summed E-state index contributed by atoms with van der Waals surface area (Å²) in [4.78, 5) is 3.41. The summed E-state index contributed by atoms with van der Waals surface area (Å²) < 4.78 is 48.0. The predicted molar refractivity (Wildman–Crippen MR) is 67.5 cm³/mol. The summed E-state index contributed by atoms with van der Waals surface area (Å²) in [6, 6.07) is 2.36. The van der Waals surface area contributed by atoms with Gasteiger partial charge in [0.1, 0.15) is 11.8 Å². The summed E-state index contributed by atoms with van der Waals surface area (Å²) >= 11 is 0. The van der Waals surface area contributed by atoms with Crippen LogP contribution >= 0.6 is 0 Å². The average Bonchev–Trinajstić information content (AvgIpc) is 2.37. The number of rotatable bonds is 5. The maximum Gasteiger partial charge on any atom is 0.433 e. The van der Waals surface area contributed by atoms with Gasteiger partial charge in [-0.05, 0) is 25.5 Å². The molecule has 0 radical (unpaired) electrons. The highest BCUT2D eigenvalue weighted by Gasteiger charge is 2.42. The Bertz CT molecular complexity index is 436. The molecule has 7 heteroatoms. The van der Waals surface area contributed by atoms with Gasteiger partial charge in [0.05, 0.1) is 24.0 Å². The number of nitrogens with one attached hydrogen (secondary N) is 1. The van der Waals surface area contributed by atoms with Crippen molar-refractivity contribution in [3.8, 4) is 0 Å². The molecule has 1 heterocycles. The average molecular weight is 290 g/mol. The molecule has 20 heavy (non-hydrogen) atoms. The van der Waals surface area contributed by atoms with E-state index in [1.54, 1.807) is 7.11 Å². The van der Waals surface area contributed by atoms with Gasteiger partial charge in [0.2, 0.25) is 0 Å². The van der Waals surface area contributed by atoms with E-state index >= 15 is 0 Å². The van der Waals surface area contributed by atoms with Crippen LogP contribution in [0.1, 0.15) is 19.0 Å². The lowest BCUT2D eigenvalue weighted by atomic mass is 9.85. The van der Waals surface area contributed by atoms with Gasteiger partial charge in [0.15, 0.2) is 0 Å². The smallest absolute Gasteiger partial charge is 0.378 e. The summed E-state index contributed by atoms with van der Waals surface area (Å²) in [5.41, 5.74) is -0.354. The number of hydrogen-bond acceptors (Lipinski definition) is 4. The molecular weight excluding hydrogens is 273 g/mol. The number of halogens is 3. The second kappa shape index (κ2) is 5.97. The van der Waals surface area contributed by atoms with Crippen LogP contribution in [0.3, 0.4) is 0 Å². The van der Waals surface area contributed by atoms with Crippen molar-refractivity contribution in [2.45, 2.75) is 37.8 Å². The van der Waals surface area contributed by atoms with Gasteiger partial charge in [-0.25, -0.2) is 4.98 Å². The van der Waals surface area contributed by atoms with E-state index in [1.807, 2.05) is 6.92 Å². The van der Waals surface area contributed by atoms with Crippen LogP contribution in [0, 0.1) is 0 Å². The highest BCUT2D eigenvalue weighted by Crippen LogP contribution is 2.31. The Hall–Kier alpha value is -1.34. The van der Waals surface area contributed by atoms with Crippen molar-refractivity contribution in [2.75, 3.05) is 19.0 Å². The minimum absolute atomic E-state index is 0.0232. The van der Waals surface area contributed by atoms with E-state index in [0.29, 0.717) is 12.3 Å². The zero-order chi connectivity index (χ0) is 14.8. The fraction of sp³-hybridized carbons (Fsp3) is 0.615. The Labute approximate surface area is 115 Å². The number of pyridine rings is 1. The molecule has 0 saturated heterocycles. The fourth-order valence-corrected chi connectivity index (χ4v) is 2.28. The Kier molecular flexibility index (Phi) is 4.49. The van der Waals surface area contributed by atoms with Crippen LogP contribution in [0.15, 0.2) is 18.3 Å². The number of alkyl halides is 3. The first-order valence-electron chi connectivity index (χ1n) is 6.40. The van der Waals surface area contributed by atoms with E-state index < -0.39 is 11.9 Å². The predicted octanol–water partition coefficient (Wildman–Crippen LogP) is 2.70. The summed E-state index contributed by atoms with van der Waals surface area (Å²) in [6.07, 6.45) is -2.54. The Morgan fingerprint density at radius 1 is 1.40 bits per heavy atom. The van der Waals surface area contributed by atoms with Crippen LogP contribution in [-0.4, -0.2) is 37.0 Å². The molecule has 1 saturated carbocycles. The van der Waals surface area contributed by atoms with Gasteiger partial charge in [0, 0.05) is 13.7 Å². The lowest BCUT2D eigenvalue weighted by Crippen LogP contribution is -2.56. The van der Waals surface area contributed by atoms with Crippen molar-refractivity contribution in [3.63, 3.8) is 0 Å². The van der Waals surface area contributed by atoms with Crippen molar-refractivity contribution >= 4 is 5.69 Å².